The van der Waals surface area contributed by atoms with E-state index in [0.29, 0.717) is 12.8 Å². The third-order valence-electron chi connectivity index (χ3n) is 2.49. The Kier molecular flexibility index (Phi) is 3.71. The van der Waals surface area contributed by atoms with E-state index in [1.165, 1.54) is 11.0 Å². The van der Waals surface area contributed by atoms with E-state index in [2.05, 4.69) is 6.58 Å². The van der Waals surface area contributed by atoms with Gasteiger partial charge in [-0.2, -0.15) is 0 Å². The number of aliphatic carboxylic acids is 1. The number of carbonyl (C=O) groups is 2. The summed E-state index contributed by atoms with van der Waals surface area (Å²) in [6, 6.07) is -0.833. The van der Waals surface area contributed by atoms with Crippen LogP contribution in [0.5, 0.6) is 0 Å². The van der Waals surface area contributed by atoms with E-state index in [4.69, 9.17) is 9.84 Å². The van der Waals surface area contributed by atoms with Gasteiger partial charge in [0.2, 0.25) is 0 Å². The van der Waals surface area contributed by atoms with Gasteiger partial charge < -0.3 is 9.84 Å². The Bertz CT molecular complexity index is 277. The molecule has 1 N–H and O–H groups in total. The Morgan fingerprint density at radius 3 is 2.80 bits per heavy atom. The van der Waals surface area contributed by atoms with Gasteiger partial charge in [-0.3, -0.25) is 4.90 Å². The lowest BCUT2D eigenvalue weighted by Gasteiger charge is -2.24. The van der Waals surface area contributed by atoms with Crippen molar-refractivity contribution in [3.8, 4) is 0 Å². The molecule has 1 aliphatic rings. The van der Waals surface area contributed by atoms with Gasteiger partial charge in [-0.15, -0.1) is 0 Å². The van der Waals surface area contributed by atoms with Crippen molar-refractivity contribution in [2.24, 2.45) is 0 Å². The summed E-state index contributed by atoms with van der Waals surface area (Å²) in [6.07, 6.45) is 2.06. The Balaban J connectivity index is 2.66. The van der Waals surface area contributed by atoms with Crippen LogP contribution < -0.4 is 0 Å². The summed E-state index contributed by atoms with van der Waals surface area (Å²) < 4.78 is 4.83. The predicted octanol–water partition coefficient (Wildman–Crippen LogP) is 1.25. The van der Waals surface area contributed by atoms with Crippen molar-refractivity contribution >= 4 is 12.1 Å². The second kappa shape index (κ2) is 4.82. The van der Waals surface area contributed by atoms with Crippen molar-refractivity contribution in [2.45, 2.75) is 31.8 Å². The summed E-state index contributed by atoms with van der Waals surface area (Å²) in [5.41, 5.74) is 0. The molecule has 1 rings (SSSR count). The third kappa shape index (κ3) is 2.49. The number of hydrogen-bond acceptors (Lipinski definition) is 3. The minimum atomic E-state index is -0.977. The van der Waals surface area contributed by atoms with E-state index in [0.717, 1.165) is 0 Å². The van der Waals surface area contributed by atoms with Crippen molar-refractivity contribution in [3.05, 3.63) is 12.7 Å². The van der Waals surface area contributed by atoms with Gasteiger partial charge in [0, 0.05) is 6.04 Å². The van der Waals surface area contributed by atoms with E-state index in [-0.39, 0.29) is 12.6 Å². The molecule has 0 aromatic heterocycles. The molecule has 0 aromatic rings. The SMILES string of the molecule is C=CCOC(=O)N1C(C)CCC1C(=O)O. The molecule has 2 atom stereocenters. The van der Waals surface area contributed by atoms with Crippen LogP contribution in [-0.2, 0) is 9.53 Å². The number of ether oxygens (including phenoxy) is 1. The Labute approximate surface area is 88.3 Å². The number of amides is 1. The van der Waals surface area contributed by atoms with Crippen LogP contribution in [0.25, 0.3) is 0 Å². The van der Waals surface area contributed by atoms with Crippen molar-refractivity contribution < 1.29 is 19.4 Å². The zero-order valence-corrected chi connectivity index (χ0v) is 8.68. The van der Waals surface area contributed by atoms with E-state index < -0.39 is 18.1 Å². The average molecular weight is 213 g/mol. The molecular weight excluding hydrogens is 198 g/mol. The highest BCUT2D eigenvalue weighted by molar-refractivity contribution is 5.81. The number of hydrogen-bond donors (Lipinski definition) is 1. The molecule has 1 heterocycles. The average Bonchev–Trinajstić information content (AvgIpc) is 2.56. The number of carboxylic acid groups (broad SMARTS) is 1. The number of likely N-dealkylation sites (tertiary alicyclic amines) is 1. The van der Waals surface area contributed by atoms with Gasteiger partial charge in [-0.25, -0.2) is 9.59 Å². The molecule has 0 aliphatic carbocycles. The van der Waals surface area contributed by atoms with Gasteiger partial charge in [0.05, 0.1) is 0 Å². The van der Waals surface area contributed by atoms with Gasteiger partial charge in [-0.05, 0) is 19.8 Å². The van der Waals surface area contributed by atoms with Gasteiger partial charge in [-0.1, -0.05) is 12.7 Å². The van der Waals surface area contributed by atoms with Gasteiger partial charge in [0.25, 0.3) is 0 Å². The highest BCUT2D eigenvalue weighted by atomic mass is 16.6. The van der Waals surface area contributed by atoms with Crippen LogP contribution in [0.2, 0.25) is 0 Å². The Morgan fingerprint density at radius 2 is 2.27 bits per heavy atom. The molecule has 1 aliphatic heterocycles. The lowest BCUT2D eigenvalue weighted by molar-refractivity contribution is -0.142. The Morgan fingerprint density at radius 1 is 1.60 bits per heavy atom. The molecule has 0 saturated carbocycles. The lowest BCUT2D eigenvalue weighted by atomic mass is 10.2. The second-order valence-electron chi connectivity index (χ2n) is 3.55. The fourth-order valence-electron chi connectivity index (χ4n) is 1.74. The molecule has 15 heavy (non-hydrogen) atoms. The number of carbonyl (C=O) groups excluding carboxylic acids is 1. The largest absolute Gasteiger partial charge is 0.480 e. The molecule has 0 aromatic carbocycles. The molecule has 0 bridgehead atoms. The zero-order valence-electron chi connectivity index (χ0n) is 8.68. The van der Waals surface area contributed by atoms with Crippen LogP contribution in [0.3, 0.4) is 0 Å². The molecule has 1 amide bonds. The normalized spacial score (nSPS) is 25.0. The highest BCUT2D eigenvalue weighted by Gasteiger charge is 2.39. The summed E-state index contributed by atoms with van der Waals surface area (Å²) in [5.74, 6) is -0.977. The molecule has 0 spiro atoms. The number of rotatable bonds is 3. The fraction of sp³-hybridized carbons (Fsp3) is 0.600. The number of carboxylic acids is 1. The third-order valence-corrected chi connectivity index (χ3v) is 2.49. The quantitative estimate of drug-likeness (QED) is 0.716. The summed E-state index contributed by atoms with van der Waals surface area (Å²) >= 11 is 0. The molecule has 5 heteroatoms. The molecule has 0 radical (unpaired) electrons. The maximum Gasteiger partial charge on any atom is 0.411 e. The molecule has 5 nitrogen and oxygen atoms in total. The number of nitrogens with zero attached hydrogens (tertiary/aromatic N) is 1. The van der Waals surface area contributed by atoms with E-state index in [1.807, 2.05) is 6.92 Å². The van der Waals surface area contributed by atoms with Crippen molar-refractivity contribution in [2.75, 3.05) is 6.61 Å². The predicted molar refractivity (Wildman–Crippen MR) is 53.5 cm³/mol. The van der Waals surface area contributed by atoms with Gasteiger partial charge in [0.15, 0.2) is 0 Å². The van der Waals surface area contributed by atoms with Crippen LogP contribution in [0.15, 0.2) is 12.7 Å². The van der Waals surface area contributed by atoms with Crippen LogP contribution >= 0.6 is 0 Å². The monoisotopic (exact) mass is 213 g/mol. The summed E-state index contributed by atoms with van der Waals surface area (Å²) in [6.45, 7) is 5.34. The highest BCUT2D eigenvalue weighted by Crippen LogP contribution is 2.24. The first-order valence-electron chi connectivity index (χ1n) is 4.86. The standard InChI is InChI=1S/C10H15NO4/c1-3-6-15-10(14)11-7(2)4-5-8(11)9(12)13/h3,7-8H,1,4-6H2,2H3,(H,12,13). The summed E-state index contributed by atoms with van der Waals surface area (Å²) in [5, 5.41) is 8.91. The molecular formula is C10H15NO4. The lowest BCUT2D eigenvalue weighted by Crippen LogP contribution is -2.44. The van der Waals surface area contributed by atoms with Crippen molar-refractivity contribution in [1.29, 1.82) is 0 Å². The first-order chi connectivity index (χ1) is 7.07. The molecule has 1 saturated heterocycles. The first-order valence-corrected chi connectivity index (χ1v) is 4.86. The minimum Gasteiger partial charge on any atom is -0.480 e. The maximum absolute atomic E-state index is 11.5. The first kappa shape index (κ1) is 11.6. The van der Waals surface area contributed by atoms with E-state index >= 15 is 0 Å². The zero-order chi connectivity index (χ0) is 11.4. The molecule has 1 fully saturated rings. The fourth-order valence-corrected chi connectivity index (χ4v) is 1.74. The molecule has 84 valence electrons. The Hall–Kier alpha value is -1.52. The van der Waals surface area contributed by atoms with E-state index in [1.54, 1.807) is 0 Å². The van der Waals surface area contributed by atoms with Crippen LogP contribution in [0, 0.1) is 0 Å². The van der Waals surface area contributed by atoms with Gasteiger partial charge >= 0.3 is 12.1 Å². The van der Waals surface area contributed by atoms with Crippen LogP contribution in [-0.4, -0.2) is 40.8 Å². The topological polar surface area (TPSA) is 66.8 Å². The summed E-state index contributed by atoms with van der Waals surface area (Å²) in [4.78, 5) is 23.7. The molecule has 2 unspecified atom stereocenters. The van der Waals surface area contributed by atoms with Crippen molar-refractivity contribution in [3.63, 3.8) is 0 Å². The maximum atomic E-state index is 11.5. The smallest absolute Gasteiger partial charge is 0.411 e. The second-order valence-corrected chi connectivity index (χ2v) is 3.55. The van der Waals surface area contributed by atoms with Crippen molar-refractivity contribution in [1.82, 2.24) is 4.90 Å². The minimum absolute atomic E-state index is 0.0802. The summed E-state index contributed by atoms with van der Waals surface area (Å²) in [7, 11) is 0. The van der Waals surface area contributed by atoms with E-state index in [9.17, 15) is 9.59 Å². The van der Waals surface area contributed by atoms with Crippen LogP contribution in [0.1, 0.15) is 19.8 Å². The van der Waals surface area contributed by atoms with Crippen LogP contribution in [0.4, 0.5) is 4.79 Å². The van der Waals surface area contributed by atoms with Gasteiger partial charge in [0.1, 0.15) is 12.6 Å².